The molecule has 1 heterocycles. The molecule has 15 rings (SSSR count). The molecule has 2 heteroatoms. The summed E-state index contributed by atoms with van der Waals surface area (Å²) in [7, 11) is 0. The maximum Gasteiger partial charge on any atom is 0.263 e. The second-order valence-corrected chi connectivity index (χ2v) is 19.8. The van der Waals surface area contributed by atoms with Gasteiger partial charge in [-0.25, -0.2) is 0 Å². The predicted octanol–water partition coefficient (Wildman–Crippen LogP) is 16.7. The molecular weight excluding hydrogens is 871 g/mol. The molecule has 11 aromatic rings. The van der Waals surface area contributed by atoms with Gasteiger partial charge in [-0.1, -0.05) is 225 Å². The molecule has 10 aromatic carbocycles. The number of nitrogens with zero attached hydrogens (tertiary/aromatic N) is 1. The molecule has 0 radical (unpaired) electrons. The third-order valence-electron chi connectivity index (χ3n) is 16.5. The van der Waals surface area contributed by atoms with E-state index in [4.69, 9.17) is 6.58 Å². The zero-order chi connectivity index (χ0) is 47.7. The summed E-state index contributed by atoms with van der Waals surface area (Å²) < 4.78 is 1.91. The van der Waals surface area contributed by atoms with Crippen LogP contribution in [-0.4, -0.2) is 4.57 Å². The summed E-state index contributed by atoms with van der Waals surface area (Å²) in [6.45, 7) is 4.72. The number of allylic oxidation sites excluding steroid dienone is 5. The fourth-order valence-corrected chi connectivity index (χ4v) is 13.7. The second kappa shape index (κ2) is 15.2. The average molecular weight is 916 g/mol. The molecule has 2 nitrogen and oxygen atoms in total. The Balaban J connectivity index is 0.893. The topological polar surface area (TPSA) is 22.0 Å². The van der Waals surface area contributed by atoms with Gasteiger partial charge in [0.2, 0.25) is 0 Å². The van der Waals surface area contributed by atoms with Crippen LogP contribution in [0.5, 0.6) is 0 Å². The maximum atomic E-state index is 14.9. The zero-order valence-electron chi connectivity index (χ0n) is 39.4. The molecule has 0 saturated carbocycles. The van der Waals surface area contributed by atoms with Gasteiger partial charge in [-0.05, 0) is 148 Å². The van der Waals surface area contributed by atoms with Crippen molar-refractivity contribution in [1.82, 2.24) is 4.57 Å². The highest BCUT2D eigenvalue weighted by molar-refractivity contribution is 6.09. The zero-order valence-corrected chi connectivity index (χ0v) is 39.4. The van der Waals surface area contributed by atoms with Crippen molar-refractivity contribution in [2.24, 2.45) is 0 Å². The van der Waals surface area contributed by atoms with E-state index in [1.165, 1.54) is 77.9 Å². The lowest BCUT2D eigenvalue weighted by molar-refractivity contribution is 0.644. The van der Waals surface area contributed by atoms with E-state index in [0.29, 0.717) is 5.39 Å². The van der Waals surface area contributed by atoms with Gasteiger partial charge in [0.15, 0.2) is 0 Å². The second-order valence-electron chi connectivity index (χ2n) is 19.8. The van der Waals surface area contributed by atoms with Gasteiger partial charge in [-0.2, -0.15) is 0 Å². The highest BCUT2D eigenvalue weighted by Crippen LogP contribution is 2.64. The molecular formula is C70H45NO. The van der Waals surface area contributed by atoms with Crippen LogP contribution in [0.2, 0.25) is 0 Å². The summed E-state index contributed by atoms with van der Waals surface area (Å²) in [4.78, 5) is 14.9. The lowest BCUT2D eigenvalue weighted by Gasteiger charge is -2.35. The van der Waals surface area contributed by atoms with E-state index < -0.39 is 10.8 Å². The lowest BCUT2D eigenvalue weighted by atomic mass is 9.67. The fourth-order valence-electron chi connectivity index (χ4n) is 13.7. The van der Waals surface area contributed by atoms with Crippen LogP contribution in [0.1, 0.15) is 50.9 Å². The molecule has 0 N–H and O–H groups in total. The minimum atomic E-state index is -0.432. The minimum Gasteiger partial charge on any atom is -0.276 e. The Hall–Kier alpha value is -9.11. The van der Waals surface area contributed by atoms with Crippen molar-refractivity contribution >= 4 is 27.2 Å². The molecule has 336 valence electrons. The van der Waals surface area contributed by atoms with Crippen LogP contribution in [0.15, 0.2) is 260 Å². The van der Waals surface area contributed by atoms with E-state index in [-0.39, 0.29) is 5.56 Å². The Bertz CT molecular complexity index is 4200. The van der Waals surface area contributed by atoms with Crippen molar-refractivity contribution in [3.05, 3.63) is 310 Å². The van der Waals surface area contributed by atoms with Gasteiger partial charge in [0.05, 0.1) is 16.3 Å². The Kier molecular flexibility index (Phi) is 8.60. The van der Waals surface area contributed by atoms with Gasteiger partial charge in [-0.3, -0.25) is 9.36 Å². The third kappa shape index (κ3) is 5.31. The Labute approximate surface area is 418 Å². The molecule has 1 aromatic heterocycles. The van der Waals surface area contributed by atoms with Crippen molar-refractivity contribution in [3.63, 3.8) is 0 Å². The molecule has 0 saturated heterocycles. The molecule has 0 aliphatic heterocycles. The number of fused-ring (bicyclic) bond motifs is 20. The normalized spacial score (nSPS) is 15.7. The van der Waals surface area contributed by atoms with Gasteiger partial charge in [-0.15, -0.1) is 0 Å². The SMILES string of the molecule is C=C1/C=C\C=C/CC2(c3ccccc3-c3ccccc32)c2cccc(-c3ccc(-n4c(=O)c5ccccc5c5cc(-c6cccc7c6-c6ccccc6C76c7ccccc7-c7ccccc76)ccc54)cc3)c21. The van der Waals surface area contributed by atoms with E-state index in [9.17, 15) is 4.79 Å². The van der Waals surface area contributed by atoms with E-state index in [0.717, 1.165) is 56.2 Å². The van der Waals surface area contributed by atoms with Crippen LogP contribution in [0, 0.1) is 0 Å². The van der Waals surface area contributed by atoms with Gasteiger partial charge < -0.3 is 0 Å². The lowest BCUT2D eigenvalue weighted by Crippen LogP contribution is -2.28. The van der Waals surface area contributed by atoms with Crippen LogP contribution in [0.3, 0.4) is 0 Å². The molecule has 0 fully saturated rings. The van der Waals surface area contributed by atoms with Crippen LogP contribution in [-0.2, 0) is 10.8 Å². The first kappa shape index (κ1) is 40.7. The van der Waals surface area contributed by atoms with Crippen LogP contribution in [0.25, 0.3) is 88.6 Å². The van der Waals surface area contributed by atoms with E-state index in [1.54, 1.807) is 0 Å². The van der Waals surface area contributed by atoms with Crippen LogP contribution < -0.4 is 5.56 Å². The highest BCUT2D eigenvalue weighted by atomic mass is 16.1. The first-order valence-electron chi connectivity index (χ1n) is 25.0. The number of hydrogen-bond acceptors (Lipinski definition) is 1. The molecule has 4 aliphatic carbocycles. The first-order chi connectivity index (χ1) is 35.6. The number of hydrogen-bond donors (Lipinski definition) is 0. The molecule has 4 aliphatic rings. The average Bonchev–Trinajstić information content (AvgIpc) is 4.05. The Morgan fingerprint density at radius 3 is 1.53 bits per heavy atom. The fraction of sp³-hybridized carbons (Fsp3) is 0.0429. The largest absolute Gasteiger partial charge is 0.276 e. The number of pyridine rings is 1. The summed E-state index contributed by atoms with van der Waals surface area (Å²) in [5.41, 5.74) is 24.2. The van der Waals surface area contributed by atoms with Gasteiger partial charge in [0, 0.05) is 16.5 Å². The smallest absolute Gasteiger partial charge is 0.263 e. The predicted molar refractivity (Wildman–Crippen MR) is 298 cm³/mol. The number of benzene rings is 10. The summed E-state index contributed by atoms with van der Waals surface area (Å²) in [5, 5.41) is 2.66. The van der Waals surface area contributed by atoms with Gasteiger partial charge in [0.1, 0.15) is 0 Å². The van der Waals surface area contributed by atoms with E-state index >= 15 is 0 Å². The quantitative estimate of drug-likeness (QED) is 0.162. The van der Waals surface area contributed by atoms with E-state index in [2.05, 4.69) is 231 Å². The van der Waals surface area contributed by atoms with Crippen molar-refractivity contribution < 1.29 is 0 Å². The molecule has 0 atom stereocenters. The van der Waals surface area contributed by atoms with Gasteiger partial charge in [0.25, 0.3) is 5.56 Å². The Morgan fingerprint density at radius 2 is 0.875 bits per heavy atom. The molecule has 0 bridgehead atoms. The molecule has 2 spiro atoms. The van der Waals surface area contributed by atoms with Crippen molar-refractivity contribution in [2.75, 3.05) is 0 Å². The Morgan fingerprint density at radius 1 is 0.389 bits per heavy atom. The van der Waals surface area contributed by atoms with E-state index in [1.807, 2.05) is 22.8 Å². The number of aromatic nitrogens is 1. The standard InChI is InChI=1S/C70H45NO/c1-44-19-3-2-16-42-69(58-29-11-6-21-51(58)52-22-7-12-30-59(52)69)63-34-17-27-48(66(44)63)45-36-39-47(40-37-45)71-65-41-38-46(43-57(65)50-20-4-5-25-55(50)68(71)72)49-28-18-35-64-67(49)56-26-10-15-33-62(56)70(64)60-31-13-8-23-53(60)54-24-9-14-32-61(54)70/h2-41,43H,1,42H2/b16-2-,19-3-. The molecule has 72 heavy (non-hydrogen) atoms. The van der Waals surface area contributed by atoms with Crippen LogP contribution in [0.4, 0.5) is 0 Å². The number of rotatable bonds is 3. The third-order valence-corrected chi connectivity index (χ3v) is 16.5. The molecule has 0 unspecified atom stereocenters. The van der Waals surface area contributed by atoms with Crippen LogP contribution >= 0.6 is 0 Å². The van der Waals surface area contributed by atoms with Crippen molar-refractivity contribution in [1.29, 1.82) is 0 Å². The monoisotopic (exact) mass is 915 g/mol. The van der Waals surface area contributed by atoms with Gasteiger partial charge >= 0.3 is 0 Å². The molecule has 0 amide bonds. The summed E-state index contributed by atoms with van der Waals surface area (Å²) in [6.07, 6.45) is 9.55. The summed E-state index contributed by atoms with van der Waals surface area (Å²) in [6, 6.07) is 81.7. The summed E-state index contributed by atoms with van der Waals surface area (Å²) >= 11 is 0. The first-order valence-corrected chi connectivity index (χ1v) is 25.0. The highest BCUT2D eigenvalue weighted by Gasteiger charge is 2.52. The minimum absolute atomic E-state index is 0.0405. The summed E-state index contributed by atoms with van der Waals surface area (Å²) in [5.74, 6) is 0. The van der Waals surface area contributed by atoms with Crippen molar-refractivity contribution in [3.8, 4) is 61.3 Å². The van der Waals surface area contributed by atoms with Crippen molar-refractivity contribution in [2.45, 2.75) is 17.3 Å². The maximum absolute atomic E-state index is 14.9.